The number of fused-ring (bicyclic) bond motifs is 1. The Hall–Kier alpha value is -5.66. The summed E-state index contributed by atoms with van der Waals surface area (Å²) in [7, 11) is -30.3. The van der Waals surface area contributed by atoms with E-state index in [1.807, 2.05) is 0 Å². The average Bonchev–Trinajstić information content (AvgIpc) is 3.12. The van der Waals surface area contributed by atoms with E-state index in [1.165, 1.54) is 0 Å². The van der Waals surface area contributed by atoms with Gasteiger partial charge in [-0.15, -0.1) is 20.5 Å². The van der Waals surface area contributed by atoms with E-state index < -0.39 is 145 Å². The molecule has 0 amide bonds. The number of hydrogen-bond acceptors (Lipinski definition) is 21. The molecule has 34 heteroatoms. The van der Waals surface area contributed by atoms with E-state index in [0.717, 1.165) is 42.5 Å². The van der Waals surface area contributed by atoms with Crippen molar-refractivity contribution in [1.82, 2.24) is 9.97 Å². The first kappa shape index (κ1) is 48.4. The van der Waals surface area contributed by atoms with Crippen molar-refractivity contribution in [1.29, 1.82) is 0 Å². The van der Waals surface area contributed by atoms with E-state index in [9.17, 15) is 77.5 Å². The van der Waals surface area contributed by atoms with Gasteiger partial charge in [0.05, 0.1) is 22.9 Å². The molecule has 0 aliphatic rings. The number of nitrogens with one attached hydrogen (secondary N) is 2. The van der Waals surface area contributed by atoms with Crippen LogP contribution in [0.2, 0.25) is 0 Å². The highest BCUT2D eigenvalue weighted by atomic mass is 32.3. The topological polar surface area (TPSA) is 414 Å². The van der Waals surface area contributed by atoms with Gasteiger partial charge in [0.2, 0.25) is 5.95 Å². The second-order valence-electron chi connectivity index (χ2n) is 12.1. The van der Waals surface area contributed by atoms with E-state index in [0.29, 0.717) is 24.3 Å². The Morgan fingerprint density at radius 2 is 1.22 bits per heavy atom. The smallest absolute Gasteiger partial charge is 0.368 e. The third-order valence-electron chi connectivity index (χ3n) is 7.65. The molecule has 0 spiro atoms. The molecule has 0 bridgehead atoms. The van der Waals surface area contributed by atoms with Crippen molar-refractivity contribution in [2.24, 2.45) is 20.5 Å². The zero-order valence-corrected chi connectivity index (χ0v) is 35.3. The molecule has 4 aromatic carbocycles. The summed E-state index contributed by atoms with van der Waals surface area (Å²) in [5, 5.41) is 19.1. The molecular weight excluding hydrogens is 979 g/mol. The van der Waals surface area contributed by atoms with Crippen molar-refractivity contribution in [3.8, 4) is 0 Å². The number of benzene rings is 4. The number of anilines is 3. The zero-order valence-electron chi connectivity index (χ0n) is 30.4. The first-order valence-electron chi connectivity index (χ1n) is 16.1. The lowest BCUT2D eigenvalue weighted by atomic mass is 10.1. The summed E-state index contributed by atoms with van der Waals surface area (Å²) in [4.78, 5) is 2.02. The number of sulfone groups is 1. The van der Waals surface area contributed by atoms with Crippen LogP contribution >= 0.6 is 0 Å². The minimum atomic E-state index is -5.39. The maximum atomic E-state index is 13.6. The van der Waals surface area contributed by atoms with Crippen LogP contribution in [0.4, 0.5) is 48.7 Å². The number of hydrogen-bond donors (Lipinski definition) is 7. The minimum Gasteiger partial charge on any atom is -0.368 e. The molecule has 26 nitrogen and oxygen atoms in total. The van der Waals surface area contributed by atoms with Crippen LogP contribution in [0.1, 0.15) is 0 Å². The summed E-state index contributed by atoms with van der Waals surface area (Å²) in [5.74, 6) is -4.12. The molecule has 0 fully saturated rings. The molecule has 0 aliphatic heterocycles. The summed E-state index contributed by atoms with van der Waals surface area (Å²) >= 11 is 0. The summed E-state index contributed by atoms with van der Waals surface area (Å²) < 4.78 is 224. The lowest BCUT2D eigenvalue weighted by molar-refractivity contribution is 0.284. The van der Waals surface area contributed by atoms with Crippen LogP contribution in [-0.4, -0.2) is 101 Å². The molecule has 1 aromatic heterocycles. The fraction of sp³-hybridized carbons (Fsp3) is 0.103. The minimum absolute atomic E-state index is 0.121. The largest absolute Gasteiger partial charge is 0.397 e. The predicted molar refractivity (Wildman–Crippen MR) is 209 cm³/mol. The standard InChI is InChI=1S/C29H24F2N8O18S6/c30-26-13-27(35-29(31)34-26)33-16-2-6-23(60(45,46)47)22(10-16)38-37-21-9-15-1-4-20(32-14-59(42,43)44)28(18(15)12-25(21)62(51,52)53)39-36-19-5-3-17(11-24(19)61(48,49)50)58(40,41)8-7-57-63(54,55)56/h1-6,9-13,32H,7-8,14H2,(H,33,34,35)(H,42,43,44)(H,45,46,47)(H,48,49,50)(H,51,52,53)(H,54,55,56). The molecule has 0 radical (unpaired) electrons. The van der Waals surface area contributed by atoms with Crippen LogP contribution in [0.25, 0.3) is 10.8 Å². The number of aromatic nitrogens is 2. The lowest BCUT2D eigenvalue weighted by Gasteiger charge is -2.13. The van der Waals surface area contributed by atoms with Gasteiger partial charge in [-0.05, 0) is 60.0 Å². The number of nitrogens with zero attached hydrogens (tertiary/aromatic N) is 6. The normalized spacial score (nSPS) is 13.3. The van der Waals surface area contributed by atoms with E-state index in [4.69, 9.17) is 4.55 Å². The Balaban J connectivity index is 1.67. The van der Waals surface area contributed by atoms with Crippen LogP contribution in [0.5, 0.6) is 0 Å². The Morgan fingerprint density at radius 3 is 1.81 bits per heavy atom. The van der Waals surface area contributed by atoms with E-state index >= 15 is 0 Å². The Morgan fingerprint density at radius 1 is 0.619 bits per heavy atom. The number of azo groups is 2. The third kappa shape index (κ3) is 13.0. The Labute approximate surface area is 353 Å². The molecule has 338 valence electrons. The van der Waals surface area contributed by atoms with Crippen LogP contribution < -0.4 is 10.6 Å². The highest BCUT2D eigenvalue weighted by molar-refractivity contribution is 7.91. The Bertz CT molecular complexity index is 3410. The van der Waals surface area contributed by atoms with Gasteiger partial charge in [0.15, 0.2) is 9.84 Å². The van der Waals surface area contributed by atoms with Gasteiger partial charge in [0, 0.05) is 17.1 Å². The van der Waals surface area contributed by atoms with Crippen molar-refractivity contribution in [3.63, 3.8) is 0 Å². The number of rotatable bonds is 17. The summed E-state index contributed by atoms with van der Waals surface area (Å²) in [6.45, 7) is -1.12. The van der Waals surface area contributed by atoms with Gasteiger partial charge >= 0.3 is 16.5 Å². The molecule has 5 aromatic rings. The first-order chi connectivity index (χ1) is 28.9. The van der Waals surface area contributed by atoms with E-state index in [-0.39, 0.29) is 16.5 Å². The van der Waals surface area contributed by atoms with Crippen molar-refractivity contribution < 1.29 is 86.2 Å². The van der Waals surface area contributed by atoms with Gasteiger partial charge in [-0.3, -0.25) is 22.8 Å². The van der Waals surface area contributed by atoms with Crippen molar-refractivity contribution in [3.05, 3.63) is 78.8 Å². The van der Waals surface area contributed by atoms with Crippen LogP contribution in [-0.2, 0) is 64.9 Å². The summed E-state index contributed by atoms with van der Waals surface area (Å²) in [6.07, 6.45) is -1.48. The summed E-state index contributed by atoms with van der Waals surface area (Å²) in [6, 6.07) is 8.86. The molecule has 0 unspecified atom stereocenters. The molecule has 7 N–H and O–H groups in total. The Kier molecular flexibility index (Phi) is 13.7. The zero-order chi connectivity index (χ0) is 46.9. The van der Waals surface area contributed by atoms with Gasteiger partial charge in [0.25, 0.3) is 40.5 Å². The second kappa shape index (κ2) is 17.8. The van der Waals surface area contributed by atoms with Gasteiger partial charge < -0.3 is 10.6 Å². The molecule has 0 aliphatic carbocycles. The monoisotopic (exact) mass is 1000 g/mol. The van der Waals surface area contributed by atoms with Crippen molar-refractivity contribution in [2.75, 3.05) is 28.9 Å². The SMILES string of the molecule is O=S(=O)(O)CNc1ccc2cc(N=Nc3cc(Nc4cc(F)nc(F)n4)ccc3S(=O)(=O)O)c(S(=O)(=O)O)cc2c1N=Nc1ccc(S(=O)(=O)CCOS(=O)(=O)O)cc1S(=O)(=O)O. The molecule has 0 atom stereocenters. The van der Waals surface area contributed by atoms with Gasteiger partial charge in [-0.25, -0.2) is 12.6 Å². The van der Waals surface area contributed by atoms with Gasteiger partial charge in [-0.1, -0.05) is 6.07 Å². The average molecular weight is 1000 g/mol. The predicted octanol–water partition coefficient (Wildman–Crippen LogP) is 4.07. The molecule has 63 heavy (non-hydrogen) atoms. The first-order valence-corrected chi connectivity index (χ1v) is 25.0. The van der Waals surface area contributed by atoms with Gasteiger partial charge in [-0.2, -0.15) is 60.8 Å². The second-order valence-corrected chi connectivity index (χ2v) is 20.9. The fourth-order valence-electron chi connectivity index (χ4n) is 5.08. The quantitative estimate of drug-likeness (QED) is 0.0299. The van der Waals surface area contributed by atoms with Gasteiger partial charge in [0.1, 0.15) is 49.1 Å². The molecule has 0 saturated heterocycles. The maximum absolute atomic E-state index is 13.6. The van der Waals surface area contributed by atoms with E-state index in [1.54, 1.807) is 0 Å². The molecule has 5 rings (SSSR count). The van der Waals surface area contributed by atoms with Crippen LogP contribution in [0, 0.1) is 12.0 Å². The van der Waals surface area contributed by atoms with Crippen molar-refractivity contribution >= 4 is 111 Å². The molecule has 0 saturated carbocycles. The maximum Gasteiger partial charge on any atom is 0.397 e. The summed E-state index contributed by atoms with van der Waals surface area (Å²) in [5.41, 5.74) is -3.44. The fourth-order valence-corrected chi connectivity index (χ4v) is 8.88. The van der Waals surface area contributed by atoms with Crippen molar-refractivity contribution in [2.45, 2.75) is 19.6 Å². The lowest BCUT2D eigenvalue weighted by Crippen LogP contribution is -2.16. The highest BCUT2D eigenvalue weighted by Crippen LogP contribution is 2.41. The van der Waals surface area contributed by atoms with Crippen LogP contribution in [0.15, 0.2) is 107 Å². The number of halogens is 2. The molecular formula is C29H24F2N8O18S6. The highest BCUT2D eigenvalue weighted by Gasteiger charge is 2.25. The van der Waals surface area contributed by atoms with Crippen LogP contribution in [0.3, 0.4) is 0 Å². The molecule has 1 heterocycles. The van der Waals surface area contributed by atoms with E-state index in [2.05, 4.69) is 45.2 Å². The third-order valence-corrected chi connectivity index (χ3v) is 13.0.